The van der Waals surface area contributed by atoms with E-state index in [1.807, 2.05) is 18.9 Å². The molecule has 0 unspecified atom stereocenters. The Morgan fingerprint density at radius 2 is 2.19 bits per heavy atom. The molecule has 0 radical (unpaired) electrons. The number of nitrogens with two attached hydrogens (primary N) is 1. The van der Waals surface area contributed by atoms with Gasteiger partial charge in [-0.15, -0.1) is 0 Å². The van der Waals surface area contributed by atoms with Gasteiger partial charge < -0.3 is 15.4 Å². The Kier molecular flexibility index (Phi) is 5.77. The zero-order chi connectivity index (χ0) is 12.0. The Balaban J connectivity index is 2.06. The molecule has 1 rings (SSSR count). The summed E-state index contributed by atoms with van der Waals surface area (Å²) in [6.07, 6.45) is 3.55. The van der Waals surface area contributed by atoms with Crippen LogP contribution in [0, 0.1) is 5.92 Å². The molecule has 0 heterocycles. The molecule has 0 aromatic carbocycles. The highest BCUT2D eigenvalue weighted by molar-refractivity contribution is 5.75. The van der Waals surface area contributed by atoms with Crippen LogP contribution in [0.1, 0.15) is 32.6 Å². The summed E-state index contributed by atoms with van der Waals surface area (Å²) in [7, 11) is 1.88. The van der Waals surface area contributed by atoms with Crippen LogP contribution in [0.2, 0.25) is 0 Å². The van der Waals surface area contributed by atoms with E-state index in [2.05, 4.69) is 0 Å². The van der Waals surface area contributed by atoms with E-state index in [0.717, 1.165) is 32.4 Å². The summed E-state index contributed by atoms with van der Waals surface area (Å²) in [5.74, 6) is 0.844. The van der Waals surface area contributed by atoms with Crippen molar-refractivity contribution in [2.24, 2.45) is 11.7 Å². The van der Waals surface area contributed by atoms with E-state index < -0.39 is 0 Å². The van der Waals surface area contributed by atoms with E-state index >= 15 is 0 Å². The topological polar surface area (TPSA) is 55.6 Å². The summed E-state index contributed by atoms with van der Waals surface area (Å²) in [6.45, 7) is 4.24. The number of nitrogens with zero attached hydrogens (tertiary/aromatic N) is 1. The van der Waals surface area contributed by atoms with E-state index in [1.165, 1.54) is 0 Å². The van der Waals surface area contributed by atoms with Crippen molar-refractivity contribution in [3.63, 3.8) is 0 Å². The van der Waals surface area contributed by atoms with Crippen LogP contribution in [-0.2, 0) is 9.53 Å². The quantitative estimate of drug-likeness (QED) is 0.661. The van der Waals surface area contributed by atoms with E-state index in [1.54, 1.807) is 0 Å². The van der Waals surface area contributed by atoms with E-state index in [9.17, 15) is 4.79 Å². The lowest BCUT2D eigenvalue weighted by Crippen LogP contribution is -2.43. The standard InChI is InChI=1S/C12H24N2O2/c1-3-16-6-4-5-12(15)14(2)9-10-7-11(13)8-10/h10-11H,3-9,13H2,1-2H3. The zero-order valence-corrected chi connectivity index (χ0v) is 10.4. The van der Waals surface area contributed by atoms with Gasteiger partial charge in [0.05, 0.1) is 0 Å². The summed E-state index contributed by atoms with van der Waals surface area (Å²) in [5.41, 5.74) is 5.71. The molecule has 1 aliphatic carbocycles. The molecule has 1 aliphatic rings. The molecule has 0 spiro atoms. The molecular formula is C12H24N2O2. The summed E-state index contributed by atoms with van der Waals surface area (Å²) >= 11 is 0. The van der Waals surface area contributed by atoms with Crippen LogP contribution in [0.25, 0.3) is 0 Å². The predicted octanol–water partition coefficient (Wildman–Crippen LogP) is 0.999. The highest BCUT2D eigenvalue weighted by atomic mass is 16.5. The summed E-state index contributed by atoms with van der Waals surface area (Å²) in [4.78, 5) is 13.5. The van der Waals surface area contributed by atoms with Gasteiger partial charge in [-0.1, -0.05) is 0 Å². The van der Waals surface area contributed by atoms with Crippen molar-refractivity contribution in [2.75, 3.05) is 26.8 Å². The van der Waals surface area contributed by atoms with Gasteiger partial charge in [-0.2, -0.15) is 0 Å². The first kappa shape index (κ1) is 13.5. The third-order valence-electron chi connectivity index (χ3n) is 3.11. The van der Waals surface area contributed by atoms with Crippen molar-refractivity contribution in [3.05, 3.63) is 0 Å². The molecule has 4 heteroatoms. The smallest absolute Gasteiger partial charge is 0.222 e. The van der Waals surface area contributed by atoms with Crippen LogP contribution in [0.4, 0.5) is 0 Å². The minimum Gasteiger partial charge on any atom is -0.382 e. The number of hydrogen-bond acceptors (Lipinski definition) is 3. The molecule has 1 amide bonds. The third-order valence-corrected chi connectivity index (χ3v) is 3.11. The highest BCUT2D eigenvalue weighted by Crippen LogP contribution is 2.26. The van der Waals surface area contributed by atoms with Crippen LogP contribution in [-0.4, -0.2) is 43.7 Å². The molecule has 0 atom stereocenters. The largest absolute Gasteiger partial charge is 0.382 e. The lowest BCUT2D eigenvalue weighted by atomic mass is 9.80. The lowest BCUT2D eigenvalue weighted by Gasteiger charge is -2.35. The monoisotopic (exact) mass is 228 g/mol. The number of carbonyl (C=O) groups is 1. The number of amides is 1. The summed E-state index contributed by atoms with van der Waals surface area (Å²) in [6, 6.07) is 0.367. The first-order chi connectivity index (χ1) is 7.63. The van der Waals surface area contributed by atoms with Crippen molar-refractivity contribution in [1.29, 1.82) is 0 Å². The SMILES string of the molecule is CCOCCCC(=O)N(C)CC1CC(N)C1. The first-order valence-corrected chi connectivity index (χ1v) is 6.20. The minimum absolute atomic E-state index is 0.222. The first-order valence-electron chi connectivity index (χ1n) is 6.20. The Morgan fingerprint density at radius 1 is 1.50 bits per heavy atom. The second-order valence-corrected chi connectivity index (χ2v) is 4.67. The summed E-state index contributed by atoms with van der Waals surface area (Å²) < 4.78 is 5.20. The van der Waals surface area contributed by atoms with Crippen LogP contribution < -0.4 is 5.73 Å². The van der Waals surface area contributed by atoms with Crippen LogP contribution in [0.5, 0.6) is 0 Å². The van der Waals surface area contributed by atoms with Gasteiger partial charge in [-0.05, 0) is 32.1 Å². The number of hydrogen-bond donors (Lipinski definition) is 1. The maximum absolute atomic E-state index is 11.7. The molecular weight excluding hydrogens is 204 g/mol. The van der Waals surface area contributed by atoms with Gasteiger partial charge >= 0.3 is 0 Å². The molecule has 0 aliphatic heterocycles. The number of ether oxygens (including phenoxy) is 1. The third kappa shape index (κ3) is 4.49. The van der Waals surface area contributed by atoms with Gasteiger partial charge in [0.15, 0.2) is 0 Å². The van der Waals surface area contributed by atoms with Crippen LogP contribution in [0.3, 0.4) is 0 Å². The van der Waals surface area contributed by atoms with Crippen LogP contribution >= 0.6 is 0 Å². The van der Waals surface area contributed by atoms with Crippen molar-refractivity contribution >= 4 is 5.91 Å². The molecule has 1 fully saturated rings. The maximum Gasteiger partial charge on any atom is 0.222 e. The highest BCUT2D eigenvalue weighted by Gasteiger charge is 2.27. The van der Waals surface area contributed by atoms with Crippen LogP contribution in [0.15, 0.2) is 0 Å². The number of carbonyl (C=O) groups excluding carboxylic acids is 1. The minimum atomic E-state index is 0.222. The molecule has 0 saturated heterocycles. The Labute approximate surface area is 98.1 Å². The van der Waals surface area contributed by atoms with Crippen molar-refractivity contribution in [2.45, 2.75) is 38.6 Å². The molecule has 94 valence electrons. The maximum atomic E-state index is 11.7. The molecule has 0 aromatic rings. The Bertz CT molecular complexity index is 215. The van der Waals surface area contributed by atoms with Gasteiger partial charge in [0.2, 0.25) is 5.91 Å². The molecule has 2 N–H and O–H groups in total. The fourth-order valence-electron chi connectivity index (χ4n) is 2.09. The van der Waals surface area contributed by atoms with E-state index in [0.29, 0.717) is 25.0 Å². The second kappa shape index (κ2) is 6.86. The summed E-state index contributed by atoms with van der Waals surface area (Å²) in [5, 5.41) is 0. The second-order valence-electron chi connectivity index (χ2n) is 4.67. The van der Waals surface area contributed by atoms with Crippen molar-refractivity contribution < 1.29 is 9.53 Å². The molecule has 1 saturated carbocycles. The van der Waals surface area contributed by atoms with Gasteiger partial charge in [-0.25, -0.2) is 0 Å². The van der Waals surface area contributed by atoms with Crippen molar-refractivity contribution in [3.8, 4) is 0 Å². The van der Waals surface area contributed by atoms with Crippen molar-refractivity contribution in [1.82, 2.24) is 4.90 Å². The number of rotatable bonds is 7. The lowest BCUT2D eigenvalue weighted by molar-refractivity contribution is -0.131. The average Bonchev–Trinajstić information content (AvgIpc) is 2.21. The fraction of sp³-hybridized carbons (Fsp3) is 0.917. The van der Waals surface area contributed by atoms with Gasteiger partial charge in [0, 0.05) is 39.3 Å². The Hall–Kier alpha value is -0.610. The van der Waals surface area contributed by atoms with E-state index in [-0.39, 0.29) is 5.91 Å². The Morgan fingerprint density at radius 3 is 2.75 bits per heavy atom. The fourth-order valence-corrected chi connectivity index (χ4v) is 2.09. The van der Waals surface area contributed by atoms with Gasteiger partial charge in [0.25, 0.3) is 0 Å². The molecule has 0 bridgehead atoms. The molecule has 4 nitrogen and oxygen atoms in total. The normalized spacial score (nSPS) is 23.9. The zero-order valence-electron chi connectivity index (χ0n) is 10.4. The molecule has 0 aromatic heterocycles. The predicted molar refractivity (Wildman–Crippen MR) is 64.1 cm³/mol. The van der Waals surface area contributed by atoms with Gasteiger partial charge in [-0.3, -0.25) is 4.79 Å². The molecule has 16 heavy (non-hydrogen) atoms. The van der Waals surface area contributed by atoms with Gasteiger partial charge in [0.1, 0.15) is 0 Å². The average molecular weight is 228 g/mol. The van der Waals surface area contributed by atoms with E-state index in [4.69, 9.17) is 10.5 Å².